The maximum Gasteiger partial charge on any atom is 0.402 e. The van der Waals surface area contributed by atoms with Crippen molar-refractivity contribution >= 4 is 40.9 Å². The van der Waals surface area contributed by atoms with Crippen molar-refractivity contribution in [2.45, 2.75) is 22.2 Å². The molecule has 1 heterocycles. The van der Waals surface area contributed by atoms with E-state index in [1.807, 2.05) is 0 Å². The van der Waals surface area contributed by atoms with Crippen LogP contribution in [0.2, 0.25) is 0 Å². The van der Waals surface area contributed by atoms with Crippen molar-refractivity contribution in [2.75, 3.05) is 0 Å². The second kappa shape index (κ2) is 5.07. The summed E-state index contributed by atoms with van der Waals surface area (Å²) in [5.74, 6) is -1.45. The zero-order valence-corrected chi connectivity index (χ0v) is 11.4. The number of rotatable bonds is 1. The molecule has 19 heavy (non-hydrogen) atoms. The number of hydrogen-bond acceptors (Lipinski definition) is 2. The minimum atomic E-state index is -4.59. The first kappa shape index (κ1) is 14.8. The van der Waals surface area contributed by atoms with Gasteiger partial charge in [-0.2, -0.15) is 13.2 Å². The summed E-state index contributed by atoms with van der Waals surface area (Å²) in [7, 11) is 0. The molecule has 0 fully saturated rings. The molecule has 8 heteroatoms. The van der Waals surface area contributed by atoms with Gasteiger partial charge in [0.2, 0.25) is 0 Å². The molecule has 104 valence electrons. The molecule has 0 aromatic heterocycles. The Morgan fingerprint density at radius 2 is 2.00 bits per heavy atom. The van der Waals surface area contributed by atoms with Crippen LogP contribution in [0.4, 0.5) is 13.2 Å². The fraction of sp³-hybridized carbons (Fsp3) is 0.364. The zero-order chi connectivity index (χ0) is 14.4. The van der Waals surface area contributed by atoms with Gasteiger partial charge in [-0.05, 0) is 11.6 Å². The Kier molecular flexibility index (Phi) is 3.95. The highest BCUT2D eigenvalue weighted by atomic mass is 35.5. The first-order valence-electron chi connectivity index (χ1n) is 5.11. The van der Waals surface area contributed by atoms with E-state index in [2.05, 4.69) is 0 Å². The summed E-state index contributed by atoms with van der Waals surface area (Å²) in [5.41, 5.74) is -0.233. The van der Waals surface area contributed by atoms with Crippen LogP contribution in [0.1, 0.15) is 0 Å². The average molecular weight is 331 g/mol. The summed E-state index contributed by atoms with van der Waals surface area (Å²) < 4.78 is 38.7. The summed E-state index contributed by atoms with van der Waals surface area (Å²) in [6.45, 7) is 0. The Morgan fingerprint density at radius 1 is 1.37 bits per heavy atom. The molecule has 2 aliphatic rings. The number of aliphatic carboxylic acids is 1. The van der Waals surface area contributed by atoms with Gasteiger partial charge < -0.3 is 5.11 Å². The highest BCUT2D eigenvalue weighted by Gasteiger charge is 2.51. The lowest BCUT2D eigenvalue weighted by atomic mass is 9.97. The van der Waals surface area contributed by atoms with Crippen LogP contribution in [-0.4, -0.2) is 33.3 Å². The molecule has 0 aromatic rings. The van der Waals surface area contributed by atoms with Crippen molar-refractivity contribution in [3.05, 3.63) is 34.3 Å². The molecule has 2 nitrogen and oxygen atoms in total. The third-order valence-electron chi connectivity index (χ3n) is 2.66. The minimum Gasteiger partial charge on any atom is -0.478 e. The summed E-state index contributed by atoms with van der Waals surface area (Å²) >= 11 is 12.0. The third kappa shape index (κ3) is 2.80. The second-order valence-electron chi connectivity index (χ2n) is 3.95. The van der Waals surface area contributed by atoms with Gasteiger partial charge in [0.15, 0.2) is 0 Å². The predicted molar refractivity (Wildman–Crippen MR) is 68.6 cm³/mol. The van der Waals surface area contributed by atoms with Crippen LogP contribution in [0.3, 0.4) is 0 Å². The highest BCUT2D eigenvalue weighted by Crippen LogP contribution is 2.49. The SMILES string of the molecule is O=C(O)C1=C2C=CC(Cl)C=C2SC(C(F)(F)F)C1Cl. The average Bonchev–Trinajstić information content (AvgIpc) is 2.26. The number of fused-ring (bicyclic) bond motifs is 1. The lowest BCUT2D eigenvalue weighted by molar-refractivity contribution is -0.135. The number of hydrogen-bond donors (Lipinski definition) is 1. The van der Waals surface area contributed by atoms with Gasteiger partial charge >= 0.3 is 12.1 Å². The maximum absolute atomic E-state index is 12.9. The topological polar surface area (TPSA) is 37.3 Å². The molecule has 1 aliphatic heterocycles. The van der Waals surface area contributed by atoms with Gasteiger partial charge in [-0.25, -0.2) is 4.79 Å². The van der Waals surface area contributed by atoms with Crippen molar-refractivity contribution in [1.82, 2.24) is 0 Å². The molecule has 3 unspecified atom stereocenters. The van der Waals surface area contributed by atoms with Crippen LogP contribution in [0, 0.1) is 0 Å². The Bertz CT molecular complexity index is 511. The first-order valence-corrected chi connectivity index (χ1v) is 6.86. The number of carboxylic acids is 1. The molecule has 0 amide bonds. The molecule has 0 aromatic carbocycles. The van der Waals surface area contributed by atoms with E-state index in [1.54, 1.807) is 0 Å². The summed E-state index contributed by atoms with van der Waals surface area (Å²) in [6.07, 6.45) is -0.286. The highest BCUT2D eigenvalue weighted by molar-refractivity contribution is 8.04. The maximum atomic E-state index is 12.9. The standard InChI is InChI=1S/C11H7Cl2F3O2S/c12-4-1-2-5-6(3-4)19-9(11(14,15)16)8(13)7(5)10(17)18/h1-4,8-9H,(H,17,18). The van der Waals surface area contributed by atoms with Crippen molar-refractivity contribution in [2.24, 2.45) is 0 Å². The van der Waals surface area contributed by atoms with Gasteiger partial charge in [-0.15, -0.1) is 35.0 Å². The summed E-state index contributed by atoms with van der Waals surface area (Å²) in [5, 5.41) is 4.90. The van der Waals surface area contributed by atoms with Crippen LogP contribution < -0.4 is 0 Å². The monoisotopic (exact) mass is 330 g/mol. The van der Waals surface area contributed by atoms with Gasteiger partial charge in [0.25, 0.3) is 0 Å². The normalized spacial score (nSPS) is 31.0. The van der Waals surface area contributed by atoms with Crippen LogP contribution in [0.5, 0.6) is 0 Å². The molecule has 3 atom stereocenters. The molecule has 1 N–H and O–H groups in total. The largest absolute Gasteiger partial charge is 0.478 e. The van der Waals surface area contributed by atoms with Gasteiger partial charge in [-0.3, -0.25) is 0 Å². The van der Waals surface area contributed by atoms with Crippen molar-refractivity contribution < 1.29 is 23.1 Å². The Morgan fingerprint density at radius 3 is 2.53 bits per heavy atom. The predicted octanol–water partition coefficient (Wildman–Crippen LogP) is 3.71. The molecule has 0 saturated carbocycles. The van der Waals surface area contributed by atoms with Gasteiger partial charge in [-0.1, -0.05) is 12.2 Å². The number of alkyl halides is 5. The van der Waals surface area contributed by atoms with E-state index < -0.39 is 33.7 Å². The Balaban J connectivity index is 2.55. The molecular formula is C11H7Cl2F3O2S. The number of halogens is 5. The van der Waals surface area contributed by atoms with Gasteiger partial charge in [0.1, 0.15) is 5.25 Å². The minimum absolute atomic E-state index is 0.204. The van der Waals surface area contributed by atoms with Gasteiger partial charge in [0.05, 0.1) is 16.3 Å². The van der Waals surface area contributed by atoms with Crippen molar-refractivity contribution in [1.29, 1.82) is 0 Å². The fourth-order valence-electron chi connectivity index (χ4n) is 1.85. The zero-order valence-electron chi connectivity index (χ0n) is 9.12. The van der Waals surface area contributed by atoms with Crippen LogP contribution in [0.15, 0.2) is 34.3 Å². The molecule has 1 aliphatic carbocycles. The number of thioether (sulfide) groups is 1. The van der Waals surface area contributed by atoms with Crippen LogP contribution in [-0.2, 0) is 4.79 Å². The Hall–Kier alpha value is -0.590. The lowest BCUT2D eigenvalue weighted by Gasteiger charge is -2.33. The van der Waals surface area contributed by atoms with Gasteiger partial charge in [0, 0.05) is 4.91 Å². The van der Waals surface area contributed by atoms with E-state index in [4.69, 9.17) is 28.3 Å². The third-order valence-corrected chi connectivity index (χ3v) is 4.96. The second-order valence-corrected chi connectivity index (χ2v) is 6.11. The van der Waals surface area contributed by atoms with E-state index in [9.17, 15) is 18.0 Å². The van der Waals surface area contributed by atoms with E-state index in [-0.39, 0.29) is 10.5 Å². The summed E-state index contributed by atoms with van der Waals surface area (Å²) in [6, 6.07) is 0. The van der Waals surface area contributed by atoms with Crippen LogP contribution >= 0.6 is 35.0 Å². The van der Waals surface area contributed by atoms with E-state index >= 15 is 0 Å². The van der Waals surface area contributed by atoms with E-state index in [0.29, 0.717) is 11.8 Å². The molecular weight excluding hydrogens is 324 g/mol. The quantitative estimate of drug-likeness (QED) is 0.744. The Labute approximate surface area is 120 Å². The molecule has 0 radical (unpaired) electrons. The number of allylic oxidation sites excluding steroid dienone is 4. The molecule has 0 saturated heterocycles. The van der Waals surface area contributed by atoms with E-state index in [1.165, 1.54) is 18.2 Å². The fourth-order valence-corrected chi connectivity index (χ4v) is 3.82. The van der Waals surface area contributed by atoms with Crippen molar-refractivity contribution in [3.63, 3.8) is 0 Å². The lowest BCUT2D eigenvalue weighted by Crippen LogP contribution is -2.40. The number of carbonyl (C=O) groups is 1. The van der Waals surface area contributed by atoms with E-state index in [0.717, 1.165) is 0 Å². The first-order chi connectivity index (χ1) is 8.71. The van der Waals surface area contributed by atoms with Crippen LogP contribution in [0.25, 0.3) is 0 Å². The molecule has 0 bridgehead atoms. The molecule has 2 rings (SSSR count). The smallest absolute Gasteiger partial charge is 0.402 e. The van der Waals surface area contributed by atoms with Crippen molar-refractivity contribution in [3.8, 4) is 0 Å². The summed E-state index contributed by atoms with van der Waals surface area (Å²) in [4.78, 5) is 11.4. The molecule has 0 spiro atoms. The number of carboxylic acid groups (broad SMARTS) is 1.